The molecule has 1 aromatic heterocycles. The number of ether oxygens (including phenoxy) is 1. The van der Waals surface area contributed by atoms with Gasteiger partial charge in [-0.05, 0) is 19.1 Å². The third kappa shape index (κ3) is 2.34. The van der Waals surface area contributed by atoms with E-state index in [1.165, 1.54) is 5.56 Å². The number of aryl methyl sites for hydroxylation is 2. The van der Waals surface area contributed by atoms with Crippen LogP contribution in [0.4, 0.5) is 0 Å². The van der Waals surface area contributed by atoms with Crippen LogP contribution in [0.2, 0.25) is 0 Å². The molecule has 0 bridgehead atoms. The fourth-order valence-corrected chi connectivity index (χ4v) is 1.22. The van der Waals surface area contributed by atoms with E-state index in [1.807, 2.05) is 42.8 Å². The molecular weight excluding hydrogens is 190 g/mol. The monoisotopic (exact) mass is 203 g/mol. The highest BCUT2D eigenvalue weighted by molar-refractivity contribution is 5.26. The van der Waals surface area contributed by atoms with Gasteiger partial charge in [0.1, 0.15) is 18.7 Å². The van der Waals surface area contributed by atoms with Crippen molar-refractivity contribution in [3.63, 3.8) is 0 Å². The molecule has 0 saturated heterocycles. The second kappa shape index (κ2) is 4.13. The maximum atomic E-state index is 5.56. The molecule has 1 heterocycles. The molecule has 0 saturated carbocycles. The highest BCUT2D eigenvalue weighted by Crippen LogP contribution is 2.12. The fourth-order valence-electron chi connectivity index (χ4n) is 1.22. The third-order valence-electron chi connectivity index (χ3n) is 2.19. The molecule has 1 aromatic carbocycles. The van der Waals surface area contributed by atoms with Crippen molar-refractivity contribution < 1.29 is 4.74 Å². The molecule has 0 amide bonds. The minimum absolute atomic E-state index is 0.444. The Labute approximate surface area is 88.5 Å². The Balaban J connectivity index is 1.99. The van der Waals surface area contributed by atoms with Crippen molar-refractivity contribution in [2.24, 2.45) is 7.05 Å². The van der Waals surface area contributed by atoms with Crippen LogP contribution in [0.1, 0.15) is 11.4 Å². The van der Waals surface area contributed by atoms with E-state index in [4.69, 9.17) is 4.74 Å². The van der Waals surface area contributed by atoms with Crippen LogP contribution in [0.15, 0.2) is 30.6 Å². The van der Waals surface area contributed by atoms with Crippen LogP contribution in [0.3, 0.4) is 0 Å². The van der Waals surface area contributed by atoms with E-state index in [1.54, 1.807) is 6.33 Å². The Hall–Kier alpha value is -1.84. The minimum Gasteiger partial charge on any atom is -0.486 e. The first-order chi connectivity index (χ1) is 7.25. The molecule has 0 unspecified atom stereocenters. The lowest BCUT2D eigenvalue weighted by atomic mass is 10.2. The average Bonchev–Trinajstić information content (AvgIpc) is 2.63. The summed E-state index contributed by atoms with van der Waals surface area (Å²) in [5.74, 6) is 1.67. The molecule has 0 N–H and O–H groups in total. The van der Waals surface area contributed by atoms with Crippen molar-refractivity contribution in [2.45, 2.75) is 13.5 Å². The zero-order valence-electron chi connectivity index (χ0n) is 8.84. The number of nitrogens with zero attached hydrogens (tertiary/aromatic N) is 3. The number of hydrogen-bond donors (Lipinski definition) is 0. The lowest BCUT2D eigenvalue weighted by Crippen LogP contribution is -2.02. The Bertz CT molecular complexity index is 433. The van der Waals surface area contributed by atoms with Gasteiger partial charge in [-0.2, -0.15) is 0 Å². The van der Waals surface area contributed by atoms with E-state index in [9.17, 15) is 0 Å². The van der Waals surface area contributed by atoms with Crippen molar-refractivity contribution >= 4 is 0 Å². The molecule has 0 radical (unpaired) electrons. The lowest BCUT2D eigenvalue weighted by molar-refractivity contribution is 0.291. The van der Waals surface area contributed by atoms with Crippen molar-refractivity contribution in [3.8, 4) is 5.75 Å². The first-order valence-electron chi connectivity index (χ1n) is 4.78. The van der Waals surface area contributed by atoms with E-state index in [0.29, 0.717) is 6.61 Å². The second-order valence-electron chi connectivity index (χ2n) is 3.46. The molecule has 0 fully saturated rings. The quantitative estimate of drug-likeness (QED) is 0.762. The van der Waals surface area contributed by atoms with Crippen LogP contribution in [0.25, 0.3) is 0 Å². The molecule has 15 heavy (non-hydrogen) atoms. The maximum absolute atomic E-state index is 5.56. The average molecular weight is 203 g/mol. The SMILES string of the molecule is Cc1ccc(OCc2nncn2C)cc1. The van der Waals surface area contributed by atoms with Gasteiger partial charge in [-0.15, -0.1) is 10.2 Å². The van der Waals surface area contributed by atoms with E-state index >= 15 is 0 Å². The molecule has 0 aliphatic heterocycles. The van der Waals surface area contributed by atoms with Crippen LogP contribution in [0.5, 0.6) is 5.75 Å². The van der Waals surface area contributed by atoms with Gasteiger partial charge >= 0.3 is 0 Å². The van der Waals surface area contributed by atoms with Crippen molar-refractivity contribution in [1.29, 1.82) is 0 Å². The highest BCUT2D eigenvalue weighted by Gasteiger charge is 2.01. The lowest BCUT2D eigenvalue weighted by Gasteiger charge is -2.05. The predicted molar refractivity (Wildman–Crippen MR) is 56.5 cm³/mol. The van der Waals surface area contributed by atoms with Crippen molar-refractivity contribution in [1.82, 2.24) is 14.8 Å². The number of rotatable bonds is 3. The first-order valence-corrected chi connectivity index (χ1v) is 4.78. The molecular formula is C11H13N3O. The number of aromatic nitrogens is 3. The topological polar surface area (TPSA) is 39.9 Å². The Morgan fingerprint density at radius 3 is 2.60 bits per heavy atom. The van der Waals surface area contributed by atoms with Gasteiger partial charge in [-0.1, -0.05) is 17.7 Å². The van der Waals surface area contributed by atoms with Crippen LogP contribution in [-0.2, 0) is 13.7 Å². The smallest absolute Gasteiger partial charge is 0.170 e. The maximum Gasteiger partial charge on any atom is 0.170 e. The number of hydrogen-bond acceptors (Lipinski definition) is 3. The summed E-state index contributed by atoms with van der Waals surface area (Å²) in [5, 5.41) is 7.72. The normalized spacial score (nSPS) is 10.3. The van der Waals surface area contributed by atoms with E-state index in [2.05, 4.69) is 10.2 Å². The van der Waals surface area contributed by atoms with Gasteiger partial charge in [0.05, 0.1) is 0 Å². The van der Waals surface area contributed by atoms with Gasteiger partial charge in [-0.25, -0.2) is 0 Å². The molecule has 0 spiro atoms. The Kier molecular flexibility index (Phi) is 2.67. The second-order valence-corrected chi connectivity index (χ2v) is 3.46. The van der Waals surface area contributed by atoms with E-state index in [-0.39, 0.29) is 0 Å². The zero-order chi connectivity index (χ0) is 10.7. The summed E-state index contributed by atoms with van der Waals surface area (Å²) in [6.07, 6.45) is 1.66. The molecule has 0 aliphatic rings. The summed E-state index contributed by atoms with van der Waals surface area (Å²) in [6.45, 7) is 2.49. The molecule has 4 heteroatoms. The molecule has 0 atom stereocenters. The van der Waals surface area contributed by atoms with Gasteiger partial charge in [0.25, 0.3) is 0 Å². The largest absolute Gasteiger partial charge is 0.486 e. The van der Waals surface area contributed by atoms with Crippen molar-refractivity contribution in [2.75, 3.05) is 0 Å². The summed E-state index contributed by atoms with van der Waals surface area (Å²) in [4.78, 5) is 0. The summed E-state index contributed by atoms with van der Waals surface area (Å²) in [7, 11) is 1.90. The highest BCUT2D eigenvalue weighted by atomic mass is 16.5. The summed E-state index contributed by atoms with van der Waals surface area (Å²) in [5.41, 5.74) is 1.22. The fraction of sp³-hybridized carbons (Fsp3) is 0.273. The van der Waals surface area contributed by atoms with E-state index in [0.717, 1.165) is 11.6 Å². The summed E-state index contributed by atoms with van der Waals surface area (Å²) in [6, 6.07) is 7.94. The number of benzene rings is 1. The molecule has 2 rings (SSSR count). The molecule has 78 valence electrons. The summed E-state index contributed by atoms with van der Waals surface area (Å²) < 4.78 is 7.40. The van der Waals surface area contributed by atoms with Gasteiger partial charge in [0.15, 0.2) is 5.82 Å². The van der Waals surface area contributed by atoms with Crippen LogP contribution in [-0.4, -0.2) is 14.8 Å². The van der Waals surface area contributed by atoms with Crippen LogP contribution >= 0.6 is 0 Å². The standard InChI is InChI=1S/C11H13N3O/c1-9-3-5-10(6-4-9)15-7-11-13-12-8-14(11)2/h3-6,8H,7H2,1-2H3. The van der Waals surface area contributed by atoms with Gasteiger partial charge in [-0.3, -0.25) is 0 Å². The van der Waals surface area contributed by atoms with Crippen LogP contribution < -0.4 is 4.74 Å². The first kappa shape index (κ1) is 9.71. The van der Waals surface area contributed by atoms with Gasteiger partial charge in [0, 0.05) is 7.05 Å². The van der Waals surface area contributed by atoms with E-state index < -0.39 is 0 Å². The summed E-state index contributed by atoms with van der Waals surface area (Å²) >= 11 is 0. The molecule has 4 nitrogen and oxygen atoms in total. The minimum atomic E-state index is 0.444. The van der Waals surface area contributed by atoms with Gasteiger partial charge < -0.3 is 9.30 Å². The predicted octanol–water partition coefficient (Wildman–Crippen LogP) is 1.70. The van der Waals surface area contributed by atoms with Gasteiger partial charge in [0.2, 0.25) is 0 Å². The van der Waals surface area contributed by atoms with Crippen molar-refractivity contribution in [3.05, 3.63) is 42.0 Å². The third-order valence-corrected chi connectivity index (χ3v) is 2.19. The van der Waals surface area contributed by atoms with Crippen LogP contribution in [0, 0.1) is 6.92 Å². The molecule has 0 aliphatic carbocycles. The Morgan fingerprint density at radius 1 is 1.27 bits per heavy atom. The zero-order valence-corrected chi connectivity index (χ0v) is 8.84. The molecule has 2 aromatic rings. The Morgan fingerprint density at radius 2 is 2.00 bits per heavy atom.